The molecule has 22 heavy (non-hydrogen) atoms. The third kappa shape index (κ3) is 7.18. The molecule has 1 aromatic carbocycles. The summed E-state index contributed by atoms with van der Waals surface area (Å²) >= 11 is 1.77. The monoisotopic (exact) mass is 324 g/mol. The Morgan fingerprint density at radius 3 is 2.55 bits per heavy atom. The van der Waals surface area contributed by atoms with E-state index in [1.54, 1.807) is 11.9 Å². The molecule has 0 radical (unpaired) electrons. The van der Waals surface area contributed by atoms with Crippen molar-refractivity contribution in [3.8, 4) is 0 Å². The first-order valence-corrected chi connectivity index (χ1v) is 9.04. The van der Waals surface area contributed by atoms with Crippen molar-refractivity contribution in [3.63, 3.8) is 0 Å². The van der Waals surface area contributed by atoms with Gasteiger partial charge in [-0.25, -0.2) is 9.10 Å². The Morgan fingerprint density at radius 2 is 1.95 bits per heavy atom. The van der Waals surface area contributed by atoms with E-state index in [0.717, 1.165) is 37.5 Å². The standard InChI is InChI=1S/C17H28N2O2S/c1-4-7-12-18-16-10-8-15(9-11-16)17(20)21-14-13-19(5-2)22-6-3/h8-11,18H,4-7,12-14H2,1-3H3. The number of nitrogens with zero attached hydrogens (tertiary/aromatic N) is 1. The molecule has 0 fully saturated rings. The first-order chi connectivity index (χ1) is 10.7. The molecule has 4 nitrogen and oxygen atoms in total. The zero-order valence-electron chi connectivity index (χ0n) is 13.9. The number of nitrogens with one attached hydrogen (secondary N) is 1. The molecule has 0 heterocycles. The molecule has 0 spiro atoms. The highest BCUT2D eigenvalue weighted by Crippen LogP contribution is 2.11. The Morgan fingerprint density at radius 1 is 1.23 bits per heavy atom. The van der Waals surface area contributed by atoms with Crippen LogP contribution in [0.15, 0.2) is 24.3 Å². The van der Waals surface area contributed by atoms with Gasteiger partial charge in [0.2, 0.25) is 0 Å². The summed E-state index contributed by atoms with van der Waals surface area (Å²) in [4.78, 5) is 12.0. The smallest absolute Gasteiger partial charge is 0.338 e. The minimum Gasteiger partial charge on any atom is -0.461 e. The Bertz CT molecular complexity index is 423. The van der Waals surface area contributed by atoms with Gasteiger partial charge < -0.3 is 10.1 Å². The topological polar surface area (TPSA) is 41.6 Å². The minimum absolute atomic E-state index is 0.252. The maximum Gasteiger partial charge on any atom is 0.338 e. The number of carbonyl (C=O) groups is 1. The summed E-state index contributed by atoms with van der Waals surface area (Å²) < 4.78 is 7.53. The van der Waals surface area contributed by atoms with E-state index in [0.29, 0.717) is 12.2 Å². The van der Waals surface area contributed by atoms with Gasteiger partial charge in [0, 0.05) is 31.1 Å². The van der Waals surface area contributed by atoms with Crippen LogP contribution in [0.25, 0.3) is 0 Å². The highest BCUT2D eigenvalue weighted by Gasteiger charge is 2.08. The lowest BCUT2D eigenvalue weighted by Gasteiger charge is -2.17. The molecule has 124 valence electrons. The molecule has 0 amide bonds. The van der Waals surface area contributed by atoms with Gasteiger partial charge in [0.25, 0.3) is 0 Å². The third-order valence-corrected chi connectivity index (χ3v) is 4.28. The van der Waals surface area contributed by atoms with Crippen molar-refractivity contribution in [2.75, 3.05) is 37.3 Å². The van der Waals surface area contributed by atoms with Gasteiger partial charge in [-0.1, -0.05) is 39.1 Å². The van der Waals surface area contributed by atoms with E-state index in [-0.39, 0.29) is 5.97 Å². The fraction of sp³-hybridized carbons (Fsp3) is 0.588. The minimum atomic E-state index is -0.252. The van der Waals surface area contributed by atoms with Crippen molar-refractivity contribution < 1.29 is 9.53 Å². The van der Waals surface area contributed by atoms with Gasteiger partial charge in [0.05, 0.1) is 5.56 Å². The van der Waals surface area contributed by atoms with Crippen molar-refractivity contribution >= 4 is 23.6 Å². The Kier molecular flexibility index (Phi) is 9.75. The molecule has 1 N–H and O–H groups in total. The van der Waals surface area contributed by atoms with Crippen LogP contribution >= 0.6 is 11.9 Å². The summed E-state index contributed by atoms with van der Waals surface area (Å²) in [6.45, 7) is 9.49. The maximum absolute atomic E-state index is 12.0. The van der Waals surface area contributed by atoms with Gasteiger partial charge in [-0.2, -0.15) is 0 Å². The first kappa shape index (κ1) is 18.8. The highest BCUT2D eigenvalue weighted by atomic mass is 32.2. The van der Waals surface area contributed by atoms with Gasteiger partial charge >= 0.3 is 5.97 Å². The van der Waals surface area contributed by atoms with E-state index < -0.39 is 0 Å². The molecule has 0 saturated heterocycles. The molecule has 0 aromatic heterocycles. The SMILES string of the molecule is CCCCNc1ccc(C(=O)OCCN(CC)SCC)cc1. The number of carbonyl (C=O) groups excluding carboxylic acids is 1. The predicted octanol–water partition coefficient (Wildman–Crippen LogP) is 4.05. The molecular formula is C17H28N2O2S. The summed E-state index contributed by atoms with van der Waals surface area (Å²) in [6, 6.07) is 7.49. The van der Waals surface area contributed by atoms with Crippen LogP contribution < -0.4 is 5.32 Å². The Labute approximate surface area is 138 Å². The van der Waals surface area contributed by atoms with E-state index in [4.69, 9.17) is 4.74 Å². The number of rotatable bonds is 11. The largest absolute Gasteiger partial charge is 0.461 e. The predicted molar refractivity (Wildman–Crippen MR) is 95.5 cm³/mol. The van der Waals surface area contributed by atoms with Crippen molar-refractivity contribution in [2.24, 2.45) is 0 Å². The van der Waals surface area contributed by atoms with Gasteiger partial charge in [-0.3, -0.25) is 0 Å². The second-order valence-corrected chi connectivity index (χ2v) is 6.28. The van der Waals surface area contributed by atoms with E-state index >= 15 is 0 Å². The fourth-order valence-electron chi connectivity index (χ4n) is 1.95. The summed E-state index contributed by atoms with van der Waals surface area (Å²) in [5.41, 5.74) is 1.65. The number of ether oxygens (including phenoxy) is 1. The molecule has 0 unspecified atom stereocenters. The lowest BCUT2D eigenvalue weighted by atomic mass is 10.2. The number of hydrogen-bond donors (Lipinski definition) is 1. The number of hydrogen-bond acceptors (Lipinski definition) is 5. The van der Waals surface area contributed by atoms with Crippen LogP contribution in [0.5, 0.6) is 0 Å². The maximum atomic E-state index is 12.0. The van der Waals surface area contributed by atoms with Gasteiger partial charge in [0.15, 0.2) is 0 Å². The molecule has 0 atom stereocenters. The molecule has 0 bridgehead atoms. The Balaban J connectivity index is 2.35. The number of anilines is 1. The number of likely N-dealkylation sites (N-methyl/N-ethyl adjacent to an activating group) is 1. The molecule has 0 aliphatic carbocycles. The number of esters is 1. The average Bonchev–Trinajstić information content (AvgIpc) is 2.54. The van der Waals surface area contributed by atoms with Gasteiger partial charge in [0.1, 0.15) is 6.61 Å². The summed E-state index contributed by atoms with van der Waals surface area (Å²) in [5.74, 6) is 0.784. The van der Waals surface area contributed by atoms with Crippen molar-refractivity contribution in [2.45, 2.75) is 33.6 Å². The Hall–Kier alpha value is -1.20. The molecule has 0 aliphatic heterocycles. The van der Waals surface area contributed by atoms with Crippen LogP contribution in [0.1, 0.15) is 44.0 Å². The van der Waals surface area contributed by atoms with Crippen LogP contribution in [-0.2, 0) is 4.74 Å². The molecular weight excluding hydrogens is 296 g/mol. The van der Waals surface area contributed by atoms with Crippen LogP contribution in [0.3, 0.4) is 0 Å². The summed E-state index contributed by atoms with van der Waals surface area (Å²) in [7, 11) is 0. The zero-order valence-corrected chi connectivity index (χ0v) is 14.7. The normalized spacial score (nSPS) is 10.7. The molecule has 1 rings (SSSR count). The van der Waals surface area contributed by atoms with Crippen molar-refractivity contribution in [1.29, 1.82) is 0 Å². The third-order valence-electron chi connectivity index (χ3n) is 3.22. The van der Waals surface area contributed by atoms with E-state index in [2.05, 4.69) is 30.4 Å². The van der Waals surface area contributed by atoms with E-state index in [1.807, 2.05) is 24.3 Å². The van der Waals surface area contributed by atoms with Crippen molar-refractivity contribution in [1.82, 2.24) is 4.31 Å². The van der Waals surface area contributed by atoms with Crippen molar-refractivity contribution in [3.05, 3.63) is 29.8 Å². The van der Waals surface area contributed by atoms with Crippen LogP contribution in [0, 0.1) is 0 Å². The molecule has 5 heteroatoms. The first-order valence-electron chi connectivity index (χ1n) is 8.10. The molecule has 0 aliphatic rings. The summed E-state index contributed by atoms with van der Waals surface area (Å²) in [5, 5.41) is 3.33. The fourth-order valence-corrected chi connectivity index (χ4v) is 2.71. The van der Waals surface area contributed by atoms with E-state index in [9.17, 15) is 4.79 Å². The highest BCUT2D eigenvalue weighted by molar-refractivity contribution is 7.96. The number of unbranched alkanes of at least 4 members (excludes halogenated alkanes) is 1. The van der Waals surface area contributed by atoms with Gasteiger partial charge in [-0.15, -0.1) is 0 Å². The van der Waals surface area contributed by atoms with Gasteiger partial charge in [-0.05, 0) is 30.7 Å². The van der Waals surface area contributed by atoms with Crippen LogP contribution in [-0.4, -0.2) is 42.3 Å². The lowest BCUT2D eigenvalue weighted by molar-refractivity contribution is 0.0493. The quantitative estimate of drug-likeness (QED) is 0.378. The lowest BCUT2D eigenvalue weighted by Crippen LogP contribution is -2.22. The molecule has 0 saturated carbocycles. The second-order valence-electron chi connectivity index (χ2n) is 4.93. The average molecular weight is 324 g/mol. The number of benzene rings is 1. The van der Waals surface area contributed by atoms with Crippen LogP contribution in [0.4, 0.5) is 5.69 Å². The second kappa shape index (κ2) is 11.4. The van der Waals surface area contributed by atoms with E-state index in [1.165, 1.54) is 6.42 Å². The zero-order chi connectivity index (χ0) is 16.2. The van der Waals surface area contributed by atoms with Crippen LogP contribution in [0.2, 0.25) is 0 Å². The summed E-state index contributed by atoms with van der Waals surface area (Å²) in [6.07, 6.45) is 2.32. The molecule has 1 aromatic rings.